The van der Waals surface area contributed by atoms with Crippen molar-refractivity contribution < 1.29 is 14.6 Å². The molecule has 3 aliphatic rings. The van der Waals surface area contributed by atoms with Gasteiger partial charge in [-0.05, 0) is 19.3 Å². The molecule has 17 heavy (non-hydrogen) atoms. The number of rotatable bonds is 3. The lowest BCUT2D eigenvalue weighted by Crippen LogP contribution is -2.73. The Kier molecular flexibility index (Phi) is 2.84. The molecule has 2 unspecified atom stereocenters. The van der Waals surface area contributed by atoms with Gasteiger partial charge in [-0.3, -0.25) is 9.69 Å². The van der Waals surface area contributed by atoms with Gasteiger partial charge in [0.05, 0.1) is 24.7 Å². The summed E-state index contributed by atoms with van der Waals surface area (Å²) in [6.45, 7) is 3.25. The van der Waals surface area contributed by atoms with E-state index in [0.29, 0.717) is 12.1 Å². The van der Waals surface area contributed by atoms with Crippen molar-refractivity contribution in [2.45, 2.75) is 43.4 Å². The number of carboxylic acids is 1. The third kappa shape index (κ3) is 1.86. The number of carboxylic acid groups (broad SMARTS) is 1. The summed E-state index contributed by atoms with van der Waals surface area (Å²) < 4.78 is 5.79. The number of ether oxygens (including phenoxy) is 1. The van der Waals surface area contributed by atoms with Gasteiger partial charge in [-0.15, -0.1) is 0 Å². The second-order valence-electron chi connectivity index (χ2n) is 5.50. The number of hydrogen-bond acceptors (Lipinski definition) is 4. The number of nitrogens with zero attached hydrogens (tertiary/aromatic N) is 1. The standard InChI is InChI=1S/C12H20N2O3/c15-11(16)6-12(7-13-8-12)14-4-5-17-10-3-1-2-9(10)14/h9-10,13H,1-8H2,(H,15,16). The molecular weight excluding hydrogens is 220 g/mol. The molecule has 0 spiro atoms. The Morgan fingerprint density at radius 3 is 2.94 bits per heavy atom. The average Bonchev–Trinajstić information content (AvgIpc) is 2.70. The van der Waals surface area contributed by atoms with Gasteiger partial charge in [0.25, 0.3) is 0 Å². The second-order valence-corrected chi connectivity index (χ2v) is 5.50. The molecule has 0 amide bonds. The molecule has 0 aromatic heterocycles. The summed E-state index contributed by atoms with van der Waals surface area (Å²) in [5, 5.41) is 12.3. The van der Waals surface area contributed by atoms with Crippen LogP contribution in [0, 0.1) is 0 Å². The highest BCUT2D eigenvalue weighted by Gasteiger charge is 2.50. The first-order valence-corrected chi connectivity index (χ1v) is 6.52. The van der Waals surface area contributed by atoms with E-state index in [1.165, 1.54) is 6.42 Å². The molecule has 2 N–H and O–H groups in total. The molecule has 2 saturated heterocycles. The van der Waals surface area contributed by atoms with Crippen molar-refractivity contribution in [1.29, 1.82) is 0 Å². The van der Waals surface area contributed by atoms with Crippen molar-refractivity contribution in [2.24, 2.45) is 0 Å². The monoisotopic (exact) mass is 240 g/mol. The first-order chi connectivity index (χ1) is 8.21. The van der Waals surface area contributed by atoms with Crippen LogP contribution in [-0.4, -0.2) is 59.9 Å². The van der Waals surface area contributed by atoms with E-state index in [9.17, 15) is 4.79 Å². The van der Waals surface area contributed by atoms with Gasteiger partial charge in [-0.2, -0.15) is 0 Å². The highest BCUT2D eigenvalue weighted by atomic mass is 16.5. The molecule has 2 atom stereocenters. The molecule has 0 radical (unpaired) electrons. The second kappa shape index (κ2) is 4.23. The maximum Gasteiger partial charge on any atom is 0.305 e. The maximum atomic E-state index is 11.1. The zero-order chi connectivity index (χ0) is 11.9. The summed E-state index contributed by atoms with van der Waals surface area (Å²) in [5.41, 5.74) is -0.150. The summed E-state index contributed by atoms with van der Waals surface area (Å²) >= 11 is 0. The molecule has 3 fully saturated rings. The van der Waals surface area contributed by atoms with Gasteiger partial charge in [-0.25, -0.2) is 0 Å². The van der Waals surface area contributed by atoms with Crippen LogP contribution in [0.4, 0.5) is 0 Å². The fourth-order valence-corrected chi connectivity index (χ4v) is 3.64. The zero-order valence-electron chi connectivity index (χ0n) is 10.0. The van der Waals surface area contributed by atoms with Gasteiger partial charge < -0.3 is 15.2 Å². The molecule has 0 aromatic carbocycles. The Hall–Kier alpha value is -0.650. The van der Waals surface area contributed by atoms with Gasteiger partial charge in [0, 0.05) is 25.7 Å². The van der Waals surface area contributed by atoms with Gasteiger partial charge in [0.15, 0.2) is 0 Å². The normalized spacial score (nSPS) is 36.2. The lowest BCUT2D eigenvalue weighted by atomic mass is 9.84. The van der Waals surface area contributed by atoms with E-state index in [-0.39, 0.29) is 12.0 Å². The molecule has 1 saturated carbocycles. The lowest BCUT2D eigenvalue weighted by Gasteiger charge is -2.55. The Morgan fingerprint density at radius 1 is 1.47 bits per heavy atom. The van der Waals surface area contributed by atoms with Crippen LogP contribution in [0.1, 0.15) is 25.7 Å². The van der Waals surface area contributed by atoms with Crippen LogP contribution in [0.5, 0.6) is 0 Å². The fraction of sp³-hybridized carbons (Fsp3) is 0.917. The summed E-state index contributed by atoms with van der Waals surface area (Å²) in [5.74, 6) is -0.687. The van der Waals surface area contributed by atoms with E-state index < -0.39 is 5.97 Å². The van der Waals surface area contributed by atoms with E-state index in [0.717, 1.165) is 39.1 Å². The topological polar surface area (TPSA) is 61.8 Å². The summed E-state index contributed by atoms with van der Waals surface area (Å²) in [6.07, 6.45) is 4.10. The number of carbonyl (C=O) groups is 1. The Labute approximate surface area is 101 Å². The Balaban J connectivity index is 1.78. The van der Waals surface area contributed by atoms with Crippen molar-refractivity contribution in [1.82, 2.24) is 10.2 Å². The minimum atomic E-state index is -0.687. The molecular formula is C12H20N2O3. The van der Waals surface area contributed by atoms with Crippen LogP contribution in [0.15, 0.2) is 0 Å². The zero-order valence-corrected chi connectivity index (χ0v) is 10.0. The third-order valence-electron chi connectivity index (χ3n) is 4.48. The highest BCUT2D eigenvalue weighted by molar-refractivity contribution is 5.69. The molecule has 0 bridgehead atoms. The number of nitrogens with one attached hydrogen (secondary N) is 1. The third-order valence-corrected chi connectivity index (χ3v) is 4.48. The number of hydrogen-bond donors (Lipinski definition) is 2. The maximum absolute atomic E-state index is 11.1. The van der Waals surface area contributed by atoms with Gasteiger partial charge in [0.1, 0.15) is 0 Å². The average molecular weight is 240 g/mol. The Morgan fingerprint density at radius 2 is 2.29 bits per heavy atom. The first kappa shape index (κ1) is 11.4. The molecule has 5 heteroatoms. The van der Waals surface area contributed by atoms with Crippen molar-refractivity contribution in [3.8, 4) is 0 Å². The van der Waals surface area contributed by atoms with Crippen molar-refractivity contribution in [3.63, 3.8) is 0 Å². The molecule has 1 aliphatic carbocycles. The lowest BCUT2D eigenvalue weighted by molar-refractivity contribution is -0.149. The van der Waals surface area contributed by atoms with Crippen LogP contribution >= 0.6 is 0 Å². The number of aliphatic carboxylic acids is 1. The van der Waals surface area contributed by atoms with Crippen LogP contribution < -0.4 is 5.32 Å². The van der Waals surface area contributed by atoms with Crippen LogP contribution in [0.2, 0.25) is 0 Å². The predicted molar refractivity (Wildman–Crippen MR) is 61.9 cm³/mol. The van der Waals surface area contributed by atoms with E-state index >= 15 is 0 Å². The van der Waals surface area contributed by atoms with E-state index in [1.807, 2.05) is 0 Å². The highest BCUT2D eigenvalue weighted by Crippen LogP contribution is 2.37. The van der Waals surface area contributed by atoms with Gasteiger partial charge >= 0.3 is 5.97 Å². The van der Waals surface area contributed by atoms with E-state index in [1.54, 1.807) is 0 Å². The molecule has 96 valence electrons. The largest absolute Gasteiger partial charge is 0.481 e. The first-order valence-electron chi connectivity index (χ1n) is 6.52. The molecule has 0 aromatic rings. The van der Waals surface area contributed by atoms with Gasteiger partial charge in [0.2, 0.25) is 0 Å². The van der Waals surface area contributed by atoms with Crippen molar-refractivity contribution in [3.05, 3.63) is 0 Å². The molecule has 3 rings (SSSR count). The smallest absolute Gasteiger partial charge is 0.305 e. The minimum absolute atomic E-state index is 0.150. The van der Waals surface area contributed by atoms with Crippen LogP contribution in [0.25, 0.3) is 0 Å². The molecule has 5 nitrogen and oxygen atoms in total. The van der Waals surface area contributed by atoms with E-state index in [4.69, 9.17) is 9.84 Å². The number of fused-ring (bicyclic) bond motifs is 1. The van der Waals surface area contributed by atoms with E-state index in [2.05, 4.69) is 10.2 Å². The quantitative estimate of drug-likeness (QED) is 0.730. The fourth-order valence-electron chi connectivity index (χ4n) is 3.64. The van der Waals surface area contributed by atoms with Crippen LogP contribution in [0.3, 0.4) is 0 Å². The summed E-state index contributed by atoms with van der Waals surface area (Å²) in [4.78, 5) is 13.5. The minimum Gasteiger partial charge on any atom is -0.481 e. The molecule has 2 heterocycles. The summed E-state index contributed by atoms with van der Waals surface area (Å²) in [6, 6.07) is 0.449. The SMILES string of the molecule is O=C(O)CC1(N2CCOC3CCCC32)CNC1. The summed E-state index contributed by atoms with van der Waals surface area (Å²) in [7, 11) is 0. The predicted octanol–water partition coefficient (Wildman–Crippen LogP) is 0.0564. The van der Waals surface area contributed by atoms with Crippen molar-refractivity contribution >= 4 is 5.97 Å². The Bertz CT molecular complexity index is 317. The van der Waals surface area contributed by atoms with Gasteiger partial charge in [-0.1, -0.05) is 0 Å². The molecule has 2 aliphatic heterocycles. The van der Waals surface area contributed by atoms with Crippen molar-refractivity contribution in [2.75, 3.05) is 26.2 Å². The number of morpholine rings is 1. The van der Waals surface area contributed by atoms with Crippen LogP contribution in [-0.2, 0) is 9.53 Å².